The number of nitrogens with one attached hydrogen (secondary N) is 4. The second-order valence-electron chi connectivity index (χ2n) is 11.5. The van der Waals surface area contributed by atoms with E-state index in [2.05, 4.69) is 31.0 Å². The summed E-state index contributed by atoms with van der Waals surface area (Å²) < 4.78 is 0. The molecule has 10 heteroatoms. The Morgan fingerprint density at radius 1 is 0.864 bits per heavy atom. The van der Waals surface area contributed by atoms with E-state index in [1.165, 1.54) is 29.7 Å². The van der Waals surface area contributed by atoms with Crippen molar-refractivity contribution in [3.05, 3.63) is 112 Å². The number of anilines is 2. The molecule has 0 radical (unpaired) electrons. The highest BCUT2D eigenvalue weighted by Crippen LogP contribution is 2.31. The zero-order valence-electron chi connectivity index (χ0n) is 24.6. The number of thiophene rings is 1. The predicted molar refractivity (Wildman–Crippen MR) is 174 cm³/mol. The molecular weight excluding hydrogens is 572 g/mol. The Morgan fingerprint density at radius 2 is 1.57 bits per heavy atom. The van der Waals surface area contributed by atoms with Crippen LogP contribution in [0.2, 0.25) is 0 Å². The van der Waals surface area contributed by atoms with E-state index in [-0.39, 0.29) is 11.8 Å². The second kappa shape index (κ2) is 12.4. The summed E-state index contributed by atoms with van der Waals surface area (Å²) in [6.45, 7) is 7.01. The van der Waals surface area contributed by atoms with Gasteiger partial charge in [-0.15, -0.1) is 11.3 Å². The molecule has 224 valence electrons. The number of hydrogen-bond acceptors (Lipinski definition) is 6. The standard InChI is InChI=1S/C34H34N6O3S/c1-34(2,24-10-4-3-5-11-24)37-32(43)28-20-26-29(38-39-33(26)44-28)36-31(42)25-12-6-7-13-27(25)35-30(41)23-16-14-22(15-17-23)21-40-18-8-9-19-40/h3-7,10-17,20H,8-9,18-19,21H2,1-2H3,(H,35,41)(H,37,43)(H2,36,38,39,42). The summed E-state index contributed by atoms with van der Waals surface area (Å²) in [6.07, 6.45) is 2.47. The van der Waals surface area contributed by atoms with Crippen molar-refractivity contribution in [3.63, 3.8) is 0 Å². The first-order valence-corrected chi connectivity index (χ1v) is 15.5. The molecule has 0 unspecified atom stereocenters. The van der Waals surface area contributed by atoms with Gasteiger partial charge < -0.3 is 16.0 Å². The molecule has 44 heavy (non-hydrogen) atoms. The van der Waals surface area contributed by atoms with E-state index in [0.717, 1.165) is 25.2 Å². The van der Waals surface area contributed by atoms with E-state index in [9.17, 15) is 14.4 Å². The van der Waals surface area contributed by atoms with Gasteiger partial charge >= 0.3 is 0 Å². The molecule has 0 aliphatic carbocycles. The lowest BCUT2D eigenvalue weighted by Gasteiger charge is -2.26. The third-order valence-electron chi connectivity index (χ3n) is 7.88. The minimum atomic E-state index is -0.577. The number of para-hydroxylation sites is 1. The van der Waals surface area contributed by atoms with Gasteiger partial charge in [-0.1, -0.05) is 54.6 Å². The summed E-state index contributed by atoms with van der Waals surface area (Å²) in [4.78, 5) is 43.1. The largest absolute Gasteiger partial charge is 0.342 e. The molecule has 0 spiro atoms. The Labute approximate surface area is 259 Å². The number of nitrogens with zero attached hydrogens (tertiary/aromatic N) is 2. The molecule has 3 aromatic carbocycles. The molecule has 1 saturated heterocycles. The topological polar surface area (TPSA) is 119 Å². The summed E-state index contributed by atoms with van der Waals surface area (Å²) in [5.41, 5.74) is 2.78. The lowest BCUT2D eigenvalue weighted by Crippen LogP contribution is -2.40. The quantitative estimate of drug-likeness (QED) is 0.155. The molecule has 0 atom stereocenters. The van der Waals surface area contributed by atoms with Crippen molar-refractivity contribution in [2.75, 3.05) is 23.7 Å². The first kappa shape index (κ1) is 29.3. The Hall–Kier alpha value is -4.80. The number of carbonyl (C=O) groups is 3. The first-order valence-electron chi connectivity index (χ1n) is 14.7. The Bertz CT molecular complexity index is 1800. The van der Waals surface area contributed by atoms with Crippen LogP contribution in [0.5, 0.6) is 0 Å². The number of amides is 3. The molecule has 0 saturated carbocycles. The number of fused-ring (bicyclic) bond motifs is 1. The summed E-state index contributed by atoms with van der Waals surface area (Å²) in [5, 5.41) is 16.6. The monoisotopic (exact) mass is 606 g/mol. The zero-order valence-corrected chi connectivity index (χ0v) is 25.5. The van der Waals surface area contributed by atoms with E-state index in [1.807, 2.05) is 68.4 Å². The Kier molecular flexibility index (Phi) is 8.28. The number of rotatable bonds is 9. The van der Waals surface area contributed by atoms with E-state index >= 15 is 0 Å². The molecule has 5 aromatic rings. The Balaban J connectivity index is 1.13. The van der Waals surface area contributed by atoms with Gasteiger partial charge in [-0.05, 0) is 81.2 Å². The number of hydrogen-bond donors (Lipinski definition) is 4. The molecular formula is C34H34N6O3S. The van der Waals surface area contributed by atoms with Gasteiger partial charge in [0, 0.05) is 12.1 Å². The lowest BCUT2D eigenvalue weighted by molar-refractivity contribution is 0.0915. The fraction of sp³-hybridized carbons (Fsp3) is 0.235. The number of benzene rings is 3. The van der Waals surface area contributed by atoms with Crippen molar-refractivity contribution in [1.82, 2.24) is 20.4 Å². The number of likely N-dealkylation sites (tertiary alicyclic amines) is 1. The summed E-state index contributed by atoms with van der Waals surface area (Å²) >= 11 is 1.24. The van der Waals surface area contributed by atoms with Crippen LogP contribution in [0.4, 0.5) is 11.5 Å². The predicted octanol–water partition coefficient (Wildman–Crippen LogP) is 6.39. The van der Waals surface area contributed by atoms with Gasteiger partial charge in [0.25, 0.3) is 17.7 Å². The zero-order chi connectivity index (χ0) is 30.7. The van der Waals surface area contributed by atoms with Crippen LogP contribution in [0.1, 0.15) is 68.2 Å². The number of aromatic amines is 1. The van der Waals surface area contributed by atoms with Crippen LogP contribution in [-0.2, 0) is 12.1 Å². The highest BCUT2D eigenvalue weighted by atomic mass is 32.1. The summed E-state index contributed by atoms with van der Waals surface area (Å²) in [6, 6.07) is 25.9. The molecule has 1 fully saturated rings. The third kappa shape index (κ3) is 6.41. The van der Waals surface area contributed by atoms with Crippen molar-refractivity contribution >= 4 is 50.8 Å². The number of aromatic nitrogens is 2. The fourth-order valence-corrected chi connectivity index (χ4v) is 6.31. The van der Waals surface area contributed by atoms with E-state index in [1.54, 1.807) is 30.3 Å². The molecule has 4 N–H and O–H groups in total. The van der Waals surface area contributed by atoms with Crippen molar-refractivity contribution in [3.8, 4) is 0 Å². The van der Waals surface area contributed by atoms with E-state index < -0.39 is 11.4 Å². The molecule has 3 heterocycles. The highest BCUT2D eigenvalue weighted by Gasteiger charge is 2.25. The van der Waals surface area contributed by atoms with Crippen molar-refractivity contribution in [2.24, 2.45) is 0 Å². The Morgan fingerprint density at radius 3 is 2.32 bits per heavy atom. The smallest absolute Gasteiger partial charge is 0.262 e. The number of carbonyl (C=O) groups excluding carboxylic acids is 3. The SMILES string of the molecule is CC(C)(NC(=O)c1cc2c(NC(=O)c3ccccc3NC(=O)c3ccc(CN4CCCC4)cc3)[nH]nc2s1)c1ccccc1. The average molecular weight is 607 g/mol. The van der Waals surface area contributed by atoms with Gasteiger partial charge in [0.2, 0.25) is 0 Å². The van der Waals surface area contributed by atoms with Crippen LogP contribution in [0.3, 0.4) is 0 Å². The van der Waals surface area contributed by atoms with Crippen LogP contribution >= 0.6 is 11.3 Å². The molecule has 3 amide bonds. The van der Waals surface area contributed by atoms with Crippen LogP contribution in [0, 0.1) is 0 Å². The second-order valence-corrected chi connectivity index (χ2v) is 12.5. The minimum absolute atomic E-state index is 0.226. The van der Waals surface area contributed by atoms with Crippen LogP contribution in [-0.4, -0.2) is 45.9 Å². The normalized spacial score (nSPS) is 13.6. The maximum atomic E-state index is 13.4. The first-order chi connectivity index (χ1) is 21.3. The van der Waals surface area contributed by atoms with Gasteiger partial charge in [-0.3, -0.25) is 24.4 Å². The van der Waals surface area contributed by atoms with Crippen LogP contribution < -0.4 is 16.0 Å². The van der Waals surface area contributed by atoms with Gasteiger partial charge in [0.1, 0.15) is 10.6 Å². The molecule has 0 bridgehead atoms. The van der Waals surface area contributed by atoms with Crippen LogP contribution in [0.25, 0.3) is 10.2 Å². The maximum Gasteiger partial charge on any atom is 0.262 e. The van der Waals surface area contributed by atoms with Gasteiger partial charge in [-0.25, -0.2) is 0 Å². The molecule has 1 aliphatic heterocycles. The van der Waals surface area contributed by atoms with E-state index in [0.29, 0.717) is 37.7 Å². The van der Waals surface area contributed by atoms with Gasteiger partial charge in [0.15, 0.2) is 0 Å². The van der Waals surface area contributed by atoms with Crippen molar-refractivity contribution in [2.45, 2.75) is 38.8 Å². The highest BCUT2D eigenvalue weighted by molar-refractivity contribution is 7.20. The molecule has 1 aliphatic rings. The van der Waals surface area contributed by atoms with Crippen molar-refractivity contribution in [1.29, 1.82) is 0 Å². The molecule has 2 aromatic heterocycles. The van der Waals surface area contributed by atoms with Gasteiger partial charge in [0.05, 0.1) is 27.1 Å². The van der Waals surface area contributed by atoms with Crippen molar-refractivity contribution < 1.29 is 14.4 Å². The third-order valence-corrected chi connectivity index (χ3v) is 8.90. The average Bonchev–Trinajstić information content (AvgIpc) is 3.78. The molecule has 9 nitrogen and oxygen atoms in total. The van der Waals surface area contributed by atoms with E-state index in [4.69, 9.17) is 0 Å². The maximum absolute atomic E-state index is 13.4. The minimum Gasteiger partial charge on any atom is -0.342 e. The number of H-pyrrole nitrogens is 1. The van der Waals surface area contributed by atoms with Gasteiger partial charge in [-0.2, -0.15) is 5.10 Å². The summed E-state index contributed by atoms with van der Waals surface area (Å²) in [5.74, 6) is -0.572. The summed E-state index contributed by atoms with van der Waals surface area (Å²) in [7, 11) is 0. The molecule has 6 rings (SSSR count). The fourth-order valence-electron chi connectivity index (χ4n) is 5.42. The lowest BCUT2D eigenvalue weighted by atomic mass is 9.94. The van der Waals surface area contributed by atoms with Crippen LogP contribution in [0.15, 0.2) is 84.9 Å².